The number of carbonyl (C=O) groups is 1. The normalized spacial score (nSPS) is 20.6. The first-order valence-electron chi connectivity index (χ1n) is 7.54. The molecule has 0 amide bonds. The van der Waals surface area contributed by atoms with Crippen molar-refractivity contribution in [2.24, 2.45) is 0 Å². The number of hydrogen-bond donors (Lipinski definition) is 0. The highest BCUT2D eigenvalue weighted by molar-refractivity contribution is 5.86. The molecule has 0 bridgehead atoms. The Morgan fingerprint density at radius 3 is 3.00 bits per heavy atom. The van der Waals surface area contributed by atoms with Crippen LogP contribution in [0, 0.1) is 5.82 Å². The van der Waals surface area contributed by atoms with Gasteiger partial charge in [0.25, 0.3) is 0 Å². The number of esters is 1. The fourth-order valence-corrected chi connectivity index (χ4v) is 2.79. The number of methoxy groups -OCH3 is 1. The van der Waals surface area contributed by atoms with E-state index in [0.29, 0.717) is 6.54 Å². The van der Waals surface area contributed by atoms with Crippen LogP contribution in [0.15, 0.2) is 30.5 Å². The van der Waals surface area contributed by atoms with Crippen LogP contribution in [0.5, 0.6) is 0 Å². The number of ether oxygens (including phenoxy) is 2. The van der Waals surface area contributed by atoms with Crippen LogP contribution in [-0.2, 0) is 16.0 Å². The number of aromatic nitrogens is 3. The fourth-order valence-electron chi connectivity index (χ4n) is 2.79. The Morgan fingerprint density at radius 1 is 1.39 bits per heavy atom. The lowest BCUT2D eigenvalue weighted by atomic mass is 10.2. The van der Waals surface area contributed by atoms with Gasteiger partial charge in [0.15, 0.2) is 5.69 Å². The number of hydrogen-bond acceptors (Lipinski definition) is 5. The van der Waals surface area contributed by atoms with Gasteiger partial charge < -0.3 is 9.47 Å². The summed E-state index contributed by atoms with van der Waals surface area (Å²) in [5, 5.41) is 7.72. The highest BCUT2D eigenvalue weighted by Gasteiger charge is 2.31. The Morgan fingerprint density at radius 2 is 2.22 bits per heavy atom. The number of benzene rings is 1. The van der Waals surface area contributed by atoms with Gasteiger partial charge in [-0.15, -0.1) is 5.10 Å². The summed E-state index contributed by atoms with van der Waals surface area (Å²) < 4.78 is 25.4. The second kappa shape index (κ2) is 6.87. The molecule has 0 spiro atoms. The Bertz CT molecular complexity index is 689. The monoisotopic (exact) mass is 319 g/mol. The van der Waals surface area contributed by atoms with E-state index in [1.54, 1.807) is 19.2 Å². The standard InChI is InChI=1S/C16H18FN3O3/c1-22-14-6-3-7-15(14)23-16(21)13-10-20(19-18-13)9-11-4-2-5-12(17)8-11/h2,4-5,8,10,14-15H,3,6-7,9H2,1H3. The second-order valence-electron chi connectivity index (χ2n) is 5.58. The third-order valence-corrected chi connectivity index (χ3v) is 3.93. The van der Waals surface area contributed by atoms with Crippen LogP contribution in [-0.4, -0.2) is 40.3 Å². The molecule has 23 heavy (non-hydrogen) atoms. The van der Waals surface area contributed by atoms with Gasteiger partial charge >= 0.3 is 5.97 Å². The first-order chi connectivity index (χ1) is 11.2. The number of carbonyl (C=O) groups excluding carboxylic acids is 1. The van der Waals surface area contributed by atoms with Crippen LogP contribution in [0.3, 0.4) is 0 Å². The van der Waals surface area contributed by atoms with Gasteiger partial charge in [-0.05, 0) is 37.0 Å². The molecular weight excluding hydrogens is 301 g/mol. The lowest BCUT2D eigenvalue weighted by Crippen LogP contribution is -2.27. The van der Waals surface area contributed by atoms with Gasteiger partial charge in [0.05, 0.1) is 18.8 Å². The van der Waals surface area contributed by atoms with Crippen molar-refractivity contribution in [3.05, 3.63) is 47.5 Å². The van der Waals surface area contributed by atoms with Gasteiger partial charge in [0.2, 0.25) is 0 Å². The largest absolute Gasteiger partial charge is 0.455 e. The molecule has 2 aromatic rings. The molecule has 1 aromatic heterocycles. The minimum atomic E-state index is -0.510. The number of halogens is 1. The van der Waals surface area contributed by atoms with E-state index < -0.39 is 5.97 Å². The van der Waals surface area contributed by atoms with Gasteiger partial charge in [0.1, 0.15) is 11.9 Å². The average Bonchev–Trinajstić information content (AvgIpc) is 3.16. The van der Waals surface area contributed by atoms with Crippen LogP contribution in [0.1, 0.15) is 35.3 Å². The quantitative estimate of drug-likeness (QED) is 0.790. The summed E-state index contributed by atoms with van der Waals surface area (Å²) >= 11 is 0. The molecule has 122 valence electrons. The SMILES string of the molecule is COC1CCCC1OC(=O)c1cn(Cc2cccc(F)c2)nn1. The number of nitrogens with zero attached hydrogens (tertiary/aromatic N) is 3. The van der Waals surface area contributed by atoms with Gasteiger partial charge in [-0.25, -0.2) is 13.9 Å². The van der Waals surface area contributed by atoms with Crippen molar-refractivity contribution in [1.82, 2.24) is 15.0 Å². The molecule has 1 aliphatic rings. The molecule has 3 rings (SSSR count). The van der Waals surface area contributed by atoms with Crippen molar-refractivity contribution in [2.75, 3.05) is 7.11 Å². The molecule has 7 heteroatoms. The van der Waals surface area contributed by atoms with E-state index in [-0.39, 0.29) is 23.7 Å². The van der Waals surface area contributed by atoms with E-state index in [1.807, 2.05) is 0 Å². The van der Waals surface area contributed by atoms with E-state index >= 15 is 0 Å². The Kier molecular flexibility index (Phi) is 4.66. The third-order valence-electron chi connectivity index (χ3n) is 3.93. The lowest BCUT2D eigenvalue weighted by molar-refractivity contribution is -0.0210. The topological polar surface area (TPSA) is 66.2 Å². The van der Waals surface area contributed by atoms with Gasteiger partial charge in [0, 0.05) is 7.11 Å². The Hall–Kier alpha value is -2.28. The van der Waals surface area contributed by atoms with Gasteiger partial charge in [-0.3, -0.25) is 0 Å². The molecule has 6 nitrogen and oxygen atoms in total. The Balaban J connectivity index is 1.63. The second-order valence-corrected chi connectivity index (χ2v) is 5.58. The summed E-state index contributed by atoms with van der Waals surface area (Å²) in [6.45, 7) is 0.335. The fraction of sp³-hybridized carbons (Fsp3) is 0.438. The van der Waals surface area contributed by atoms with E-state index in [1.165, 1.54) is 23.0 Å². The van der Waals surface area contributed by atoms with E-state index in [4.69, 9.17) is 9.47 Å². The molecule has 2 atom stereocenters. The third kappa shape index (κ3) is 3.73. The highest BCUT2D eigenvalue weighted by atomic mass is 19.1. The van der Waals surface area contributed by atoms with Crippen LogP contribution in [0.4, 0.5) is 4.39 Å². The highest BCUT2D eigenvalue weighted by Crippen LogP contribution is 2.25. The molecule has 1 fully saturated rings. The van der Waals surface area contributed by atoms with Crippen LogP contribution in [0.25, 0.3) is 0 Å². The molecule has 0 radical (unpaired) electrons. The molecular formula is C16H18FN3O3. The van der Waals surface area contributed by atoms with Gasteiger partial charge in [-0.1, -0.05) is 17.3 Å². The molecule has 2 unspecified atom stereocenters. The summed E-state index contributed by atoms with van der Waals surface area (Å²) in [7, 11) is 1.62. The van der Waals surface area contributed by atoms with Gasteiger partial charge in [-0.2, -0.15) is 0 Å². The first-order valence-corrected chi connectivity index (χ1v) is 7.54. The predicted molar refractivity (Wildman–Crippen MR) is 79.4 cm³/mol. The average molecular weight is 319 g/mol. The van der Waals surface area contributed by atoms with Crippen molar-refractivity contribution < 1.29 is 18.7 Å². The predicted octanol–water partition coefficient (Wildman–Crippen LogP) is 2.19. The maximum absolute atomic E-state index is 13.2. The van der Waals surface area contributed by atoms with Crippen LogP contribution >= 0.6 is 0 Å². The molecule has 0 aliphatic heterocycles. The summed E-state index contributed by atoms with van der Waals surface area (Å²) in [5.74, 6) is -0.821. The zero-order valence-corrected chi connectivity index (χ0v) is 12.8. The zero-order valence-electron chi connectivity index (χ0n) is 12.8. The summed E-state index contributed by atoms with van der Waals surface area (Å²) in [6.07, 6.45) is 3.87. The molecule has 1 heterocycles. The van der Waals surface area contributed by atoms with Crippen LogP contribution < -0.4 is 0 Å². The Labute approximate surface area is 133 Å². The first kappa shape index (κ1) is 15.6. The summed E-state index contributed by atoms with van der Waals surface area (Å²) in [5.41, 5.74) is 0.883. The summed E-state index contributed by atoms with van der Waals surface area (Å²) in [4.78, 5) is 12.1. The number of rotatable bonds is 5. The maximum atomic E-state index is 13.2. The van der Waals surface area contributed by atoms with Crippen molar-refractivity contribution in [3.63, 3.8) is 0 Å². The minimum Gasteiger partial charge on any atom is -0.455 e. The lowest BCUT2D eigenvalue weighted by Gasteiger charge is -2.17. The summed E-state index contributed by atoms with van der Waals surface area (Å²) in [6, 6.07) is 6.20. The van der Waals surface area contributed by atoms with Crippen molar-refractivity contribution >= 4 is 5.97 Å². The maximum Gasteiger partial charge on any atom is 0.360 e. The minimum absolute atomic E-state index is 0.0544. The smallest absolute Gasteiger partial charge is 0.360 e. The van der Waals surface area contributed by atoms with Crippen LogP contribution in [0.2, 0.25) is 0 Å². The molecule has 0 saturated heterocycles. The van der Waals surface area contributed by atoms with Crippen molar-refractivity contribution in [1.29, 1.82) is 0 Å². The molecule has 0 N–H and O–H groups in total. The van der Waals surface area contributed by atoms with E-state index in [9.17, 15) is 9.18 Å². The zero-order chi connectivity index (χ0) is 16.2. The molecule has 1 aromatic carbocycles. The molecule has 1 aliphatic carbocycles. The van der Waals surface area contributed by atoms with E-state index in [2.05, 4.69) is 10.3 Å². The van der Waals surface area contributed by atoms with Crippen molar-refractivity contribution in [2.45, 2.75) is 38.0 Å². The molecule has 1 saturated carbocycles. The van der Waals surface area contributed by atoms with E-state index in [0.717, 1.165) is 24.8 Å². The van der Waals surface area contributed by atoms with Crippen molar-refractivity contribution in [3.8, 4) is 0 Å².